The van der Waals surface area contributed by atoms with Crippen molar-refractivity contribution in [3.8, 4) is 11.3 Å². The van der Waals surface area contributed by atoms with E-state index in [1.165, 1.54) is 6.39 Å². The first-order chi connectivity index (χ1) is 10.1. The second kappa shape index (κ2) is 7.04. The zero-order valence-electron chi connectivity index (χ0n) is 12.4. The van der Waals surface area contributed by atoms with Gasteiger partial charge in [-0.2, -0.15) is 0 Å². The molecular formula is C16H21N3O2. The Morgan fingerprint density at radius 2 is 2.24 bits per heavy atom. The second-order valence-corrected chi connectivity index (χ2v) is 5.50. The number of carbonyl (C=O) groups is 1. The van der Waals surface area contributed by atoms with Gasteiger partial charge < -0.3 is 15.5 Å². The Balaban J connectivity index is 2.09. The van der Waals surface area contributed by atoms with Crippen molar-refractivity contribution in [3.05, 3.63) is 36.9 Å². The van der Waals surface area contributed by atoms with E-state index in [0.717, 1.165) is 17.7 Å². The normalized spacial score (nSPS) is 12.4. The van der Waals surface area contributed by atoms with Gasteiger partial charge in [0.1, 0.15) is 0 Å². The summed E-state index contributed by atoms with van der Waals surface area (Å²) in [6.07, 6.45) is 3.81. The van der Waals surface area contributed by atoms with Crippen molar-refractivity contribution in [1.82, 2.24) is 4.98 Å². The van der Waals surface area contributed by atoms with Gasteiger partial charge in [0.25, 0.3) is 0 Å². The Morgan fingerprint density at radius 1 is 1.43 bits per heavy atom. The number of benzene rings is 1. The van der Waals surface area contributed by atoms with Crippen LogP contribution in [0.15, 0.2) is 41.3 Å². The number of nitrogens with one attached hydrogen (secondary N) is 1. The fourth-order valence-electron chi connectivity index (χ4n) is 2.23. The van der Waals surface area contributed by atoms with Gasteiger partial charge in [0.15, 0.2) is 12.2 Å². The average Bonchev–Trinajstić information content (AvgIpc) is 2.99. The van der Waals surface area contributed by atoms with Gasteiger partial charge in [-0.25, -0.2) is 4.98 Å². The van der Waals surface area contributed by atoms with Crippen LogP contribution in [0.3, 0.4) is 0 Å². The van der Waals surface area contributed by atoms with Crippen LogP contribution < -0.4 is 11.1 Å². The maximum absolute atomic E-state index is 12.3. The standard InChI is InChI=1S/C16H21N3O2/c1-11(2)6-13(8-17)16(20)19-14-5-3-4-12(7-14)15-9-18-10-21-15/h3-5,7,9-11,13H,6,8,17H2,1-2H3,(H,19,20). The van der Waals surface area contributed by atoms with E-state index < -0.39 is 0 Å². The Bertz CT molecular complexity index is 579. The molecule has 0 saturated heterocycles. The van der Waals surface area contributed by atoms with E-state index in [1.807, 2.05) is 24.3 Å². The second-order valence-electron chi connectivity index (χ2n) is 5.50. The first-order valence-electron chi connectivity index (χ1n) is 7.10. The lowest BCUT2D eigenvalue weighted by Gasteiger charge is -2.17. The van der Waals surface area contributed by atoms with Crippen molar-refractivity contribution in [2.24, 2.45) is 17.6 Å². The maximum Gasteiger partial charge on any atom is 0.228 e. The highest BCUT2D eigenvalue weighted by atomic mass is 16.3. The molecule has 0 aliphatic carbocycles. The minimum Gasteiger partial charge on any atom is -0.444 e. The molecule has 1 aromatic heterocycles. The lowest BCUT2D eigenvalue weighted by Crippen LogP contribution is -2.30. The Morgan fingerprint density at radius 3 is 2.86 bits per heavy atom. The molecule has 2 aromatic rings. The van der Waals surface area contributed by atoms with Gasteiger partial charge in [-0.1, -0.05) is 26.0 Å². The fraction of sp³-hybridized carbons (Fsp3) is 0.375. The van der Waals surface area contributed by atoms with Crippen LogP contribution in [0.25, 0.3) is 11.3 Å². The summed E-state index contributed by atoms with van der Waals surface area (Å²) < 4.78 is 5.26. The van der Waals surface area contributed by atoms with Crippen LogP contribution in [0.4, 0.5) is 5.69 Å². The van der Waals surface area contributed by atoms with Crippen molar-refractivity contribution in [1.29, 1.82) is 0 Å². The van der Waals surface area contributed by atoms with E-state index in [2.05, 4.69) is 24.1 Å². The van der Waals surface area contributed by atoms with Gasteiger partial charge in [-0.3, -0.25) is 4.79 Å². The largest absolute Gasteiger partial charge is 0.444 e. The Kier molecular flexibility index (Phi) is 5.11. The zero-order chi connectivity index (χ0) is 15.2. The number of nitrogens with two attached hydrogens (primary N) is 1. The summed E-state index contributed by atoms with van der Waals surface area (Å²) in [4.78, 5) is 16.1. The summed E-state index contributed by atoms with van der Waals surface area (Å²) in [6.45, 7) is 4.52. The number of oxazole rings is 1. The average molecular weight is 287 g/mol. The molecule has 5 heteroatoms. The third-order valence-electron chi connectivity index (χ3n) is 3.26. The highest BCUT2D eigenvalue weighted by Crippen LogP contribution is 2.22. The summed E-state index contributed by atoms with van der Waals surface area (Å²) >= 11 is 0. The summed E-state index contributed by atoms with van der Waals surface area (Å²) in [5.41, 5.74) is 7.30. The first-order valence-corrected chi connectivity index (χ1v) is 7.10. The van der Waals surface area contributed by atoms with E-state index in [-0.39, 0.29) is 11.8 Å². The molecule has 1 unspecified atom stereocenters. The van der Waals surface area contributed by atoms with E-state index in [1.54, 1.807) is 6.20 Å². The van der Waals surface area contributed by atoms with Crippen LogP contribution in [0.2, 0.25) is 0 Å². The summed E-state index contributed by atoms with van der Waals surface area (Å²) in [5.74, 6) is 0.897. The van der Waals surface area contributed by atoms with E-state index in [4.69, 9.17) is 10.2 Å². The zero-order valence-corrected chi connectivity index (χ0v) is 12.4. The number of amides is 1. The molecular weight excluding hydrogens is 266 g/mol. The van der Waals surface area contributed by atoms with Crippen molar-refractivity contribution < 1.29 is 9.21 Å². The molecule has 112 valence electrons. The molecule has 1 atom stereocenters. The number of nitrogens with zero attached hydrogens (tertiary/aromatic N) is 1. The minimum atomic E-state index is -0.168. The number of rotatable bonds is 6. The van der Waals surface area contributed by atoms with Crippen LogP contribution in [0.5, 0.6) is 0 Å². The SMILES string of the molecule is CC(C)CC(CN)C(=O)Nc1cccc(-c2cnco2)c1. The van der Waals surface area contributed by atoms with Gasteiger partial charge >= 0.3 is 0 Å². The smallest absolute Gasteiger partial charge is 0.228 e. The van der Waals surface area contributed by atoms with Crippen LogP contribution in [0.1, 0.15) is 20.3 Å². The predicted molar refractivity (Wildman–Crippen MR) is 82.6 cm³/mol. The predicted octanol–water partition coefficient (Wildman–Crippen LogP) is 2.90. The summed E-state index contributed by atoms with van der Waals surface area (Å²) in [6, 6.07) is 7.49. The third-order valence-corrected chi connectivity index (χ3v) is 3.26. The number of hydrogen-bond acceptors (Lipinski definition) is 4. The van der Waals surface area contributed by atoms with Gasteiger partial charge in [0, 0.05) is 17.8 Å². The van der Waals surface area contributed by atoms with Crippen LogP contribution >= 0.6 is 0 Å². The molecule has 0 aliphatic heterocycles. The van der Waals surface area contributed by atoms with Crippen molar-refractivity contribution >= 4 is 11.6 Å². The lowest BCUT2D eigenvalue weighted by molar-refractivity contribution is -0.120. The van der Waals surface area contributed by atoms with Crippen molar-refractivity contribution in [2.45, 2.75) is 20.3 Å². The topological polar surface area (TPSA) is 81.2 Å². The van der Waals surface area contributed by atoms with E-state index in [0.29, 0.717) is 18.2 Å². The van der Waals surface area contributed by atoms with Crippen LogP contribution in [-0.4, -0.2) is 17.4 Å². The molecule has 3 N–H and O–H groups in total. The molecule has 21 heavy (non-hydrogen) atoms. The van der Waals surface area contributed by atoms with Gasteiger partial charge in [0.05, 0.1) is 12.1 Å². The van der Waals surface area contributed by atoms with E-state index >= 15 is 0 Å². The molecule has 0 fully saturated rings. The molecule has 0 spiro atoms. The van der Waals surface area contributed by atoms with Crippen LogP contribution in [-0.2, 0) is 4.79 Å². The number of aromatic nitrogens is 1. The number of hydrogen-bond donors (Lipinski definition) is 2. The Hall–Kier alpha value is -2.14. The highest BCUT2D eigenvalue weighted by Gasteiger charge is 2.18. The molecule has 0 radical (unpaired) electrons. The summed E-state index contributed by atoms with van der Waals surface area (Å²) in [7, 11) is 0. The Labute approximate surface area is 124 Å². The van der Waals surface area contributed by atoms with Gasteiger partial charge in [-0.15, -0.1) is 0 Å². The molecule has 1 amide bonds. The maximum atomic E-state index is 12.3. The molecule has 1 heterocycles. The van der Waals surface area contributed by atoms with Crippen LogP contribution in [0, 0.1) is 11.8 Å². The summed E-state index contributed by atoms with van der Waals surface area (Å²) in [5, 5.41) is 2.92. The quantitative estimate of drug-likeness (QED) is 0.856. The molecule has 2 rings (SSSR count). The van der Waals surface area contributed by atoms with Gasteiger partial charge in [-0.05, 0) is 24.5 Å². The number of carbonyl (C=O) groups excluding carboxylic acids is 1. The highest BCUT2D eigenvalue weighted by molar-refractivity contribution is 5.93. The van der Waals surface area contributed by atoms with E-state index in [9.17, 15) is 4.79 Å². The van der Waals surface area contributed by atoms with Gasteiger partial charge in [0.2, 0.25) is 5.91 Å². The lowest BCUT2D eigenvalue weighted by atomic mass is 9.96. The van der Waals surface area contributed by atoms with Crippen molar-refractivity contribution in [2.75, 3.05) is 11.9 Å². The molecule has 0 saturated carbocycles. The molecule has 0 aliphatic rings. The molecule has 1 aromatic carbocycles. The number of anilines is 1. The first kappa shape index (κ1) is 15.3. The third kappa shape index (κ3) is 4.16. The molecule has 5 nitrogen and oxygen atoms in total. The minimum absolute atomic E-state index is 0.0408. The monoisotopic (exact) mass is 287 g/mol. The fourth-order valence-corrected chi connectivity index (χ4v) is 2.23. The van der Waals surface area contributed by atoms with Crippen molar-refractivity contribution in [3.63, 3.8) is 0 Å². The molecule has 0 bridgehead atoms.